The molecule has 1 aromatic heterocycles. The van der Waals surface area contributed by atoms with Crippen molar-refractivity contribution in [2.45, 2.75) is 32.5 Å². The molecule has 33 heavy (non-hydrogen) atoms. The molecule has 2 atom stereocenters. The van der Waals surface area contributed by atoms with Gasteiger partial charge in [-0.2, -0.15) is 10.2 Å². The van der Waals surface area contributed by atoms with Gasteiger partial charge in [0, 0.05) is 25.7 Å². The third-order valence-electron chi connectivity index (χ3n) is 5.35. The molecule has 8 nitrogen and oxygen atoms in total. The van der Waals surface area contributed by atoms with Gasteiger partial charge in [0.2, 0.25) is 17.5 Å². The molecule has 4 rings (SSSR count). The standard InChI is InChI=1S/C23H24N4O4S2/c1-14-12-26(13-15(2)30-14)22-18(11-24)25-20(31-22)10-19-21(28)27(23(32)33-19)9-8-16-4-6-17(29-3)7-5-16/h4-7,10,14-15H,8-9,12-13H2,1-3H3/b19-10+. The Balaban J connectivity index is 1.47. The van der Waals surface area contributed by atoms with Crippen LogP contribution in [0.3, 0.4) is 0 Å². The number of oxazole rings is 1. The van der Waals surface area contributed by atoms with E-state index in [2.05, 4.69) is 11.1 Å². The summed E-state index contributed by atoms with van der Waals surface area (Å²) < 4.78 is 17.3. The van der Waals surface area contributed by atoms with Crippen LogP contribution >= 0.6 is 24.0 Å². The Labute approximate surface area is 202 Å². The molecule has 1 aromatic carbocycles. The van der Waals surface area contributed by atoms with Crippen LogP contribution in [0.2, 0.25) is 0 Å². The molecular formula is C23H24N4O4S2. The van der Waals surface area contributed by atoms with Crippen LogP contribution < -0.4 is 9.64 Å². The molecular weight excluding hydrogens is 460 g/mol. The van der Waals surface area contributed by atoms with E-state index in [0.717, 1.165) is 11.3 Å². The number of aromatic nitrogens is 1. The first-order valence-corrected chi connectivity index (χ1v) is 11.8. The van der Waals surface area contributed by atoms with Crippen LogP contribution in [0, 0.1) is 11.3 Å². The Hall–Kier alpha value is -2.87. The van der Waals surface area contributed by atoms with Gasteiger partial charge in [-0.3, -0.25) is 9.69 Å². The summed E-state index contributed by atoms with van der Waals surface area (Å²) in [6.07, 6.45) is 2.25. The lowest BCUT2D eigenvalue weighted by Gasteiger charge is -2.34. The van der Waals surface area contributed by atoms with E-state index in [1.54, 1.807) is 18.1 Å². The second-order valence-corrected chi connectivity index (χ2v) is 9.59. The van der Waals surface area contributed by atoms with Crippen molar-refractivity contribution in [2.75, 3.05) is 31.6 Å². The molecule has 0 N–H and O–H groups in total. The number of carbonyl (C=O) groups is 1. The Morgan fingerprint density at radius 2 is 2.00 bits per heavy atom. The van der Waals surface area contributed by atoms with Crippen molar-refractivity contribution >= 4 is 46.2 Å². The Morgan fingerprint density at radius 1 is 1.30 bits per heavy atom. The van der Waals surface area contributed by atoms with E-state index in [1.807, 2.05) is 43.0 Å². The SMILES string of the molecule is COc1ccc(CCN2C(=O)/C(=C\c3nc(C#N)c(N4CC(C)OC(C)C4)o3)SC2=S)cc1. The van der Waals surface area contributed by atoms with Crippen molar-refractivity contribution in [1.82, 2.24) is 9.88 Å². The van der Waals surface area contributed by atoms with Gasteiger partial charge in [0.1, 0.15) is 16.1 Å². The second kappa shape index (κ2) is 9.95. The number of rotatable bonds is 6. The van der Waals surface area contributed by atoms with Gasteiger partial charge >= 0.3 is 0 Å². The van der Waals surface area contributed by atoms with Gasteiger partial charge in [-0.05, 0) is 38.0 Å². The van der Waals surface area contributed by atoms with Crippen LogP contribution in [0.4, 0.5) is 5.88 Å². The monoisotopic (exact) mass is 484 g/mol. The summed E-state index contributed by atoms with van der Waals surface area (Å²) in [6, 6.07) is 9.81. The normalized spacial score (nSPS) is 22.2. The molecule has 2 fully saturated rings. The summed E-state index contributed by atoms with van der Waals surface area (Å²) in [5.74, 6) is 1.21. The van der Waals surface area contributed by atoms with Gasteiger partial charge in [0.05, 0.1) is 24.2 Å². The molecule has 0 spiro atoms. The van der Waals surface area contributed by atoms with Crippen LogP contribution in [0.5, 0.6) is 5.75 Å². The van der Waals surface area contributed by atoms with Crippen LogP contribution in [0.15, 0.2) is 33.6 Å². The minimum atomic E-state index is -0.189. The number of anilines is 1. The topological polar surface area (TPSA) is 91.8 Å². The number of carbonyl (C=O) groups excluding carboxylic acids is 1. The summed E-state index contributed by atoms with van der Waals surface area (Å²) in [7, 11) is 1.62. The van der Waals surface area contributed by atoms with Gasteiger partial charge in [0.15, 0.2) is 0 Å². The van der Waals surface area contributed by atoms with Crippen LogP contribution in [-0.2, 0) is 16.0 Å². The number of nitriles is 1. The van der Waals surface area contributed by atoms with E-state index in [9.17, 15) is 10.1 Å². The summed E-state index contributed by atoms with van der Waals surface area (Å²) in [4.78, 5) is 21.2. The Kier molecular flexibility index (Phi) is 7.02. The molecule has 1 amide bonds. The number of amides is 1. The highest BCUT2D eigenvalue weighted by atomic mass is 32.2. The zero-order chi connectivity index (χ0) is 23.5. The van der Waals surface area contributed by atoms with E-state index in [0.29, 0.717) is 41.2 Å². The van der Waals surface area contributed by atoms with Crippen molar-refractivity contribution in [3.8, 4) is 11.8 Å². The van der Waals surface area contributed by atoms with Gasteiger partial charge in [0.25, 0.3) is 5.91 Å². The lowest BCUT2D eigenvalue weighted by molar-refractivity contribution is -0.122. The van der Waals surface area contributed by atoms with Crippen molar-refractivity contribution in [3.63, 3.8) is 0 Å². The van der Waals surface area contributed by atoms with E-state index in [-0.39, 0.29) is 29.7 Å². The average molecular weight is 485 g/mol. The summed E-state index contributed by atoms with van der Waals surface area (Å²) in [5.41, 5.74) is 1.27. The van der Waals surface area contributed by atoms with Gasteiger partial charge in [-0.1, -0.05) is 36.1 Å². The van der Waals surface area contributed by atoms with Crippen molar-refractivity contribution in [3.05, 3.63) is 46.3 Å². The molecule has 2 unspecified atom stereocenters. The molecule has 0 bridgehead atoms. The Morgan fingerprint density at radius 3 is 2.64 bits per heavy atom. The predicted octanol–water partition coefficient (Wildman–Crippen LogP) is 3.61. The van der Waals surface area contributed by atoms with Gasteiger partial charge < -0.3 is 18.8 Å². The van der Waals surface area contributed by atoms with Crippen LogP contribution in [0.1, 0.15) is 31.0 Å². The quantitative estimate of drug-likeness (QED) is 0.450. The number of ether oxygens (including phenoxy) is 2. The van der Waals surface area contributed by atoms with Crippen LogP contribution in [0.25, 0.3) is 6.08 Å². The molecule has 2 aliphatic rings. The number of methoxy groups -OCH3 is 1. The number of hydrogen-bond donors (Lipinski definition) is 0. The van der Waals surface area contributed by atoms with E-state index in [1.165, 1.54) is 11.8 Å². The second-order valence-electron chi connectivity index (χ2n) is 7.91. The Bertz CT molecular complexity index is 1110. The van der Waals surface area contributed by atoms with Crippen LogP contribution in [-0.4, -0.2) is 59.1 Å². The number of thioether (sulfide) groups is 1. The molecule has 3 heterocycles. The van der Waals surface area contributed by atoms with E-state index >= 15 is 0 Å². The summed E-state index contributed by atoms with van der Waals surface area (Å²) in [6.45, 7) is 5.62. The first-order valence-electron chi connectivity index (χ1n) is 10.6. The molecule has 10 heteroatoms. The highest BCUT2D eigenvalue weighted by molar-refractivity contribution is 8.26. The zero-order valence-electron chi connectivity index (χ0n) is 18.6. The molecule has 0 aliphatic carbocycles. The summed E-state index contributed by atoms with van der Waals surface area (Å²) >= 11 is 6.64. The molecule has 172 valence electrons. The van der Waals surface area contributed by atoms with Crippen molar-refractivity contribution in [2.24, 2.45) is 0 Å². The third-order valence-corrected chi connectivity index (χ3v) is 6.73. The van der Waals surface area contributed by atoms with E-state index in [4.69, 9.17) is 26.1 Å². The number of morpholine rings is 1. The zero-order valence-corrected chi connectivity index (χ0v) is 20.2. The number of benzene rings is 1. The maximum atomic E-state index is 13.0. The highest BCUT2D eigenvalue weighted by Crippen LogP contribution is 2.34. The first kappa shape index (κ1) is 23.3. The third kappa shape index (κ3) is 5.21. The fourth-order valence-electron chi connectivity index (χ4n) is 3.86. The number of hydrogen-bond acceptors (Lipinski definition) is 9. The maximum absolute atomic E-state index is 13.0. The molecule has 2 aliphatic heterocycles. The molecule has 0 saturated carbocycles. The average Bonchev–Trinajstić information content (AvgIpc) is 3.32. The van der Waals surface area contributed by atoms with Crippen molar-refractivity contribution in [1.29, 1.82) is 5.26 Å². The van der Waals surface area contributed by atoms with Crippen molar-refractivity contribution < 1.29 is 18.7 Å². The smallest absolute Gasteiger partial charge is 0.266 e. The fourth-order valence-corrected chi connectivity index (χ4v) is 5.13. The van der Waals surface area contributed by atoms with E-state index < -0.39 is 0 Å². The largest absolute Gasteiger partial charge is 0.497 e. The lowest BCUT2D eigenvalue weighted by atomic mass is 10.1. The van der Waals surface area contributed by atoms with Gasteiger partial charge in [-0.15, -0.1) is 0 Å². The minimum absolute atomic E-state index is 0.01000. The number of thiocarbonyl (C=S) groups is 1. The summed E-state index contributed by atoms with van der Waals surface area (Å²) in [5, 5.41) is 9.54. The maximum Gasteiger partial charge on any atom is 0.266 e. The first-order chi connectivity index (χ1) is 15.9. The number of nitrogens with zero attached hydrogens (tertiary/aromatic N) is 4. The minimum Gasteiger partial charge on any atom is -0.497 e. The molecule has 2 saturated heterocycles. The predicted molar refractivity (Wildman–Crippen MR) is 130 cm³/mol. The molecule has 0 radical (unpaired) electrons. The molecule has 2 aromatic rings. The van der Waals surface area contributed by atoms with Gasteiger partial charge in [-0.25, -0.2) is 0 Å². The lowest BCUT2D eigenvalue weighted by Crippen LogP contribution is -2.45. The highest BCUT2D eigenvalue weighted by Gasteiger charge is 2.33. The fraction of sp³-hybridized carbons (Fsp3) is 0.391.